The van der Waals surface area contributed by atoms with Gasteiger partial charge in [-0.15, -0.1) is 0 Å². The molecular formula is C30H49N5O4. The molecule has 3 atom stereocenters. The summed E-state index contributed by atoms with van der Waals surface area (Å²) in [6.45, 7) is 12.1. The lowest BCUT2D eigenvalue weighted by Gasteiger charge is -2.36. The van der Waals surface area contributed by atoms with Crippen molar-refractivity contribution in [2.75, 3.05) is 13.6 Å². The molecule has 0 bridgehead atoms. The van der Waals surface area contributed by atoms with E-state index in [1.807, 2.05) is 27.7 Å². The first kappa shape index (κ1) is 30.8. The van der Waals surface area contributed by atoms with Crippen LogP contribution in [0.15, 0.2) is 17.1 Å². The predicted molar refractivity (Wildman–Crippen MR) is 153 cm³/mol. The van der Waals surface area contributed by atoms with E-state index in [0.717, 1.165) is 50.5 Å². The van der Waals surface area contributed by atoms with Crippen molar-refractivity contribution in [3.63, 3.8) is 0 Å². The third kappa shape index (κ3) is 8.64. The summed E-state index contributed by atoms with van der Waals surface area (Å²) in [6.07, 6.45) is 9.62. The van der Waals surface area contributed by atoms with Gasteiger partial charge in [-0.2, -0.15) is 0 Å². The maximum atomic E-state index is 13.9. The van der Waals surface area contributed by atoms with Gasteiger partial charge in [-0.3, -0.25) is 24.2 Å². The Balaban J connectivity index is 1.72. The van der Waals surface area contributed by atoms with Gasteiger partial charge in [0.2, 0.25) is 17.7 Å². The first-order valence-electron chi connectivity index (χ1n) is 14.8. The summed E-state index contributed by atoms with van der Waals surface area (Å²) in [6, 6.07) is -1.89. The average Bonchev–Trinajstić information content (AvgIpc) is 3.59. The van der Waals surface area contributed by atoms with E-state index in [-0.39, 0.29) is 36.2 Å². The molecule has 4 amide bonds. The molecule has 1 aliphatic heterocycles. The SMILES string of the molecule is C=C1C[C@@H](C(=O)N[C@@H](CCC)C(=NC)C(=O)NC2CC2)N(C(=O)[C@@H](NC(=O)CC2CCCCC2)C(C)(C)C)C1. The second-order valence-electron chi connectivity index (χ2n) is 12.7. The van der Waals surface area contributed by atoms with Crippen molar-refractivity contribution in [1.29, 1.82) is 0 Å². The number of amides is 4. The van der Waals surface area contributed by atoms with Crippen molar-refractivity contribution < 1.29 is 19.2 Å². The van der Waals surface area contributed by atoms with Crippen molar-refractivity contribution in [3.8, 4) is 0 Å². The van der Waals surface area contributed by atoms with E-state index in [0.29, 0.717) is 30.9 Å². The van der Waals surface area contributed by atoms with Crippen LogP contribution in [0.25, 0.3) is 0 Å². The Labute approximate surface area is 234 Å². The smallest absolute Gasteiger partial charge is 0.267 e. The molecule has 3 rings (SSSR count). The summed E-state index contributed by atoms with van der Waals surface area (Å²) in [5, 5.41) is 8.99. The Morgan fingerprint density at radius 3 is 2.28 bits per heavy atom. The summed E-state index contributed by atoms with van der Waals surface area (Å²) in [5.74, 6) is -0.608. The monoisotopic (exact) mass is 543 g/mol. The van der Waals surface area contributed by atoms with Gasteiger partial charge in [0, 0.05) is 26.1 Å². The number of hydrogen-bond donors (Lipinski definition) is 3. The molecule has 0 aromatic heterocycles. The standard InChI is InChI=1S/C30H49N5O4/c1-7-11-22(25(31-6)28(38)32-21-14-15-21)33-27(37)23-16-19(2)18-35(23)29(39)26(30(3,4)5)34-24(36)17-20-12-9-8-10-13-20/h20-23,26H,2,7-18H2,1,3-6H3,(H,32,38)(H,33,37)(H,34,36)/t22-,23-,26+/m0/s1. The molecule has 0 spiro atoms. The summed E-state index contributed by atoms with van der Waals surface area (Å²) in [5.41, 5.74) is 0.541. The molecule has 3 fully saturated rings. The Morgan fingerprint density at radius 1 is 1.05 bits per heavy atom. The lowest BCUT2D eigenvalue weighted by molar-refractivity contribution is -0.144. The molecular weight excluding hydrogens is 494 g/mol. The van der Waals surface area contributed by atoms with Crippen LogP contribution >= 0.6 is 0 Å². The van der Waals surface area contributed by atoms with Crippen LogP contribution in [0.2, 0.25) is 0 Å². The molecule has 1 heterocycles. The zero-order valence-corrected chi connectivity index (χ0v) is 24.6. The quantitative estimate of drug-likeness (QED) is 0.274. The Bertz CT molecular complexity index is 959. The molecule has 9 heteroatoms. The molecule has 2 saturated carbocycles. The first-order valence-corrected chi connectivity index (χ1v) is 14.8. The number of hydrogen-bond acceptors (Lipinski definition) is 5. The minimum absolute atomic E-state index is 0.109. The minimum Gasteiger partial charge on any atom is -0.348 e. The Morgan fingerprint density at radius 2 is 1.72 bits per heavy atom. The number of nitrogens with zero attached hydrogens (tertiary/aromatic N) is 2. The second-order valence-corrected chi connectivity index (χ2v) is 12.7. The summed E-state index contributed by atoms with van der Waals surface area (Å²) >= 11 is 0. The van der Waals surface area contributed by atoms with E-state index in [9.17, 15) is 19.2 Å². The zero-order valence-electron chi connectivity index (χ0n) is 24.6. The third-order valence-electron chi connectivity index (χ3n) is 8.07. The van der Waals surface area contributed by atoms with Gasteiger partial charge < -0.3 is 20.9 Å². The number of nitrogens with one attached hydrogen (secondary N) is 3. The molecule has 3 aliphatic rings. The van der Waals surface area contributed by atoms with Gasteiger partial charge in [-0.05, 0) is 49.9 Å². The highest BCUT2D eigenvalue weighted by molar-refractivity contribution is 6.41. The van der Waals surface area contributed by atoms with E-state index in [2.05, 4.69) is 27.5 Å². The van der Waals surface area contributed by atoms with Crippen LogP contribution in [0.4, 0.5) is 0 Å². The molecule has 1 saturated heterocycles. The number of carbonyl (C=O) groups excluding carboxylic acids is 4. The van der Waals surface area contributed by atoms with Gasteiger partial charge in [0.05, 0.1) is 6.04 Å². The van der Waals surface area contributed by atoms with Crippen molar-refractivity contribution in [3.05, 3.63) is 12.2 Å². The van der Waals surface area contributed by atoms with Crippen molar-refractivity contribution in [2.45, 2.75) is 122 Å². The average molecular weight is 544 g/mol. The second kappa shape index (κ2) is 13.6. The lowest BCUT2D eigenvalue weighted by Crippen LogP contribution is -2.59. The fourth-order valence-corrected chi connectivity index (χ4v) is 5.69. The summed E-state index contributed by atoms with van der Waals surface area (Å²) in [7, 11) is 1.56. The topological polar surface area (TPSA) is 120 Å². The van der Waals surface area contributed by atoms with Crippen LogP contribution in [-0.4, -0.2) is 72.0 Å². The maximum absolute atomic E-state index is 13.9. The zero-order chi connectivity index (χ0) is 28.7. The number of rotatable bonds is 11. The molecule has 0 aromatic rings. The van der Waals surface area contributed by atoms with E-state index < -0.39 is 23.5 Å². The molecule has 3 N–H and O–H groups in total. The number of likely N-dealkylation sites (tertiary alicyclic amines) is 1. The predicted octanol–water partition coefficient (Wildman–Crippen LogP) is 3.28. The van der Waals surface area contributed by atoms with Crippen molar-refractivity contribution in [1.82, 2.24) is 20.9 Å². The number of aliphatic imine (C=N–C) groups is 1. The highest BCUT2D eigenvalue weighted by Crippen LogP contribution is 2.29. The van der Waals surface area contributed by atoms with Gasteiger partial charge in [0.1, 0.15) is 17.8 Å². The van der Waals surface area contributed by atoms with Gasteiger partial charge in [0.15, 0.2) is 0 Å². The molecule has 218 valence electrons. The van der Waals surface area contributed by atoms with Crippen LogP contribution < -0.4 is 16.0 Å². The minimum atomic E-state index is -0.765. The molecule has 9 nitrogen and oxygen atoms in total. The largest absolute Gasteiger partial charge is 0.348 e. The molecule has 0 aromatic carbocycles. The van der Waals surface area contributed by atoms with E-state index >= 15 is 0 Å². The normalized spacial score (nSPS) is 22.3. The van der Waals surface area contributed by atoms with Crippen LogP contribution in [-0.2, 0) is 19.2 Å². The first-order chi connectivity index (χ1) is 18.4. The van der Waals surface area contributed by atoms with Crippen molar-refractivity contribution >= 4 is 29.3 Å². The fourth-order valence-electron chi connectivity index (χ4n) is 5.69. The molecule has 0 unspecified atom stereocenters. The third-order valence-corrected chi connectivity index (χ3v) is 8.07. The Hall–Kier alpha value is -2.71. The highest BCUT2D eigenvalue weighted by Gasteiger charge is 2.43. The fraction of sp³-hybridized carbons (Fsp3) is 0.767. The van der Waals surface area contributed by atoms with Crippen LogP contribution in [0.3, 0.4) is 0 Å². The lowest BCUT2D eigenvalue weighted by atomic mass is 9.84. The van der Waals surface area contributed by atoms with E-state index in [1.54, 1.807) is 11.9 Å². The molecule has 0 radical (unpaired) electrons. The molecule has 39 heavy (non-hydrogen) atoms. The van der Waals surface area contributed by atoms with Crippen LogP contribution in [0.5, 0.6) is 0 Å². The maximum Gasteiger partial charge on any atom is 0.267 e. The summed E-state index contributed by atoms with van der Waals surface area (Å²) < 4.78 is 0. The van der Waals surface area contributed by atoms with Crippen LogP contribution in [0.1, 0.15) is 98.3 Å². The van der Waals surface area contributed by atoms with Gasteiger partial charge in [-0.1, -0.05) is 65.5 Å². The number of carbonyl (C=O) groups is 4. The molecule has 2 aliphatic carbocycles. The highest BCUT2D eigenvalue weighted by atomic mass is 16.2. The van der Waals surface area contributed by atoms with Gasteiger partial charge in [0.25, 0.3) is 5.91 Å². The van der Waals surface area contributed by atoms with E-state index in [4.69, 9.17) is 0 Å². The van der Waals surface area contributed by atoms with Gasteiger partial charge in [-0.25, -0.2) is 0 Å². The van der Waals surface area contributed by atoms with Gasteiger partial charge >= 0.3 is 0 Å². The van der Waals surface area contributed by atoms with Crippen molar-refractivity contribution in [2.24, 2.45) is 16.3 Å². The Kier molecular flexibility index (Phi) is 10.7. The van der Waals surface area contributed by atoms with E-state index in [1.165, 1.54) is 6.42 Å². The summed E-state index contributed by atoms with van der Waals surface area (Å²) in [4.78, 5) is 59.1. The van der Waals surface area contributed by atoms with Crippen LogP contribution in [0, 0.1) is 11.3 Å².